The van der Waals surface area contributed by atoms with Gasteiger partial charge in [0.15, 0.2) is 6.10 Å². The molecule has 0 radical (unpaired) electrons. The number of ether oxygens (including phenoxy) is 4. The summed E-state index contributed by atoms with van der Waals surface area (Å²) in [7, 11) is 5.37. The van der Waals surface area contributed by atoms with Crippen molar-refractivity contribution in [1.29, 1.82) is 0 Å². The van der Waals surface area contributed by atoms with Gasteiger partial charge < -0.3 is 33.9 Å². The van der Waals surface area contributed by atoms with E-state index in [0.717, 1.165) is 26.3 Å². The van der Waals surface area contributed by atoms with Crippen molar-refractivity contribution >= 4 is 34.5 Å². The van der Waals surface area contributed by atoms with Gasteiger partial charge in [0.1, 0.15) is 11.2 Å². The normalized spacial score (nSPS) is 37.5. The Morgan fingerprint density at radius 3 is 2.54 bits per heavy atom. The third-order valence-electron chi connectivity index (χ3n) is 14.7. The summed E-state index contributed by atoms with van der Waals surface area (Å²) >= 11 is 0. The Kier molecular flexibility index (Phi) is 7.82. The Bertz CT molecular complexity index is 2480. The first kappa shape index (κ1) is 34.2. The Balaban J connectivity index is 1.39. The number of nitrogens with one attached hydrogen (secondary N) is 1. The van der Waals surface area contributed by atoms with E-state index in [4.69, 9.17) is 23.1 Å². The second-order valence-corrected chi connectivity index (χ2v) is 17.6. The van der Waals surface area contributed by atoms with Gasteiger partial charge in [0.2, 0.25) is 11.5 Å². The fraction of sp³-hybridized carbons (Fsp3) is 0.578. The highest BCUT2D eigenvalue weighted by molar-refractivity contribution is 5.95. The summed E-state index contributed by atoms with van der Waals surface area (Å²) in [5.74, 6) is -7.25. The van der Waals surface area contributed by atoms with Crippen molar-refractivity contribution in [3.63, 3.8) is 0 Å². The van der Waals surface area contributed by atoms with Crippen LogP contribution in [0.2, 0.25) is 0 Å². The number of carbonyl (C=O) groups excluding carboxylic acids is 3. The maximum atomic E-state index is 15.4. The van der Waals surface area contributed by atoms with E-state index >= 15 is 13.6 Å². The number of fused-ring (bicyclic) bond motifs is 6. The van der Waals surface area contributed by atoms with E-state index in [1.165, 1.54) is 20.3 Å². The number of piperidine rings is 1. The minimum absolute atomic E-state index is 0.00838. The van der Waals surface area contributed by atoms with Gasteiger partial charge >= 0.3 is 17.9 Å². The Hall–Kier alpha value is -4.53. The number of alkyl halides is 2. The summed E-state index contributed by atoms with van der Waals surface area (Å²) in [4.78, 5) is 52.1. The van der Waals surface area contributed by atoms with Gasteiger partial charge in [-0.25, -0.2) is 13.6 Å². The first-order valence-corrected chi connectivity index (χ1v) is 20.1. The monoisotopic (exact) mass is 821 g/mol. The molecule has 9 rings (SSSR count). The lowest BCUT2D eigenvalue weighted by Gasteiger charge is -2.63. The van der Waals surface area contributed by atoms with Crippen LogP contribution in [0.25, 0.3) is 10.9 Å². The molecule has 2 bridgehead atoms. The van der Waals surface area contributed by atoms with Gasteiger partial charge in [-0.05, 0) is 68.3 Å². The van der Waals surface area contributed by atoms with Crippen LogP contribution in [0.4, 0.5) is 14.5 Å². The number of aromatic amines is 1. The van der Waals surface area contributed by atoms with Crippen LogP contribution in [0.1, 0.15) is 75.6 Å². The van der Waals surface area contributed by atoms with Gasteiger partial charge in [-0.2, -0.15) is 0 Å². The van der Waals surface area contributed by atoms with Crippen molar-refractivity contribution in [2.45, 2.75) is 93.4 Å². The number of aromatic nitrogens is 1. The molecule has 59 heavy (non-hydrogen) atoms. The quantitative estimate of drug-likeness (QED) is 0.188. The molecule has 10 atom stereocenters. The van der Waals surface area contributed by atoms with E-state index in [1.54, 1.807) is 30.2 Å². The van der Waals surface area contributed by atoms with Gasteiger partial charge in [0, 0.05) is 104 Å². The second kappa shape index (κ2) is 13.5. The van der Waals surface area contributed by atoms with Crippen LogP contribution in [0.5, 0.6) is 5.75 Å². The molecule has 12 nitrogen and oxygen atoms in total. The highest BCUT2D eigenvalue weighted by Crippen LogP contribution is 2.68. The summed E-state index contributed by atoms with van der Waals surface area (Å²) in [6, 6.07) is 8.41. The number of esters is 3. The lowest BCUT2D eigenvalue weighted by molar-refractivity contribution is -0.228. The Morgan fingerprint density at radius 2 is 1.85 bits per heavy atom. The predicted molar refractivity (Wildman–Crippen MR) is 214 cm³/mol. The smallest absolute Gasteiger partial charge is 0.344 e. The number of aliphatic hydroxyl groups is 1. The number of H-pyrrole nitrogens is 1. The fourth-order valence-corrected chi connectivity index (χ4v) is 12.7. The van der Waals surface area contributed by atoms with Crippen LogP contribution in [-0.4, -0.2) is 122 Å². The minimum atomic E-state index is -3.40. The molecule has 3 aromatic rings. The molecule has 6 heterocycles. The number of likely N-dealkylation sites (N-methyl/N-ethyl adjacent to an activating group) is 1. The first-order chi connectivity index (χ1) is 30.0. The predicted octanol–water partition coefficient (Wildman–Crippen LogP) is 5.08. The van der Waals surface area contributed by atoms with Crippen LogP contribution in [0.15, 0.2) is 48.6 Å². The maximum absolute atomic E-state index is 15.4. The number of methoxy groups -OCH3 is 3. The van der Waals surface area contributed by atoms with E-state index in [2.05, 4.69) is 4.98 Å². The zero-order valence-electron chi connectivity index (χ0n) is 39.1. The lowest BCUT2D eigenvalue weighted by Crippen LogP contribution is -2.81. The summed E-state index contributed by atoms with van der Waals surface area (Å²) in [6.45, 7) is -0.164. The molecule has 6 aliphatic rings. The van der Waals surface area contributed by atoms with E-state index in [0.29, 0.717) is 40.1 Å². The standard InChI is InChI=1S/C45H54F2N4O8/c1-8-42-14-11-16-51-17-15-43(36(42)51)30-19-31(34(56-5)20-33(30)49(4)37(43)45(55,40(54)58-7)38(42)59-25(2)52)44(39(53)57-6)21-26-18-27(41(3,46)47)23-50(22-26)24-29-28-12-9-10-13-32(28)48-35(29)44/h9-14,19-20,26-27,36-38,48,55H,8,15-18,21-24H2,1-7H3/t26?,27-,36?,37?,38-,42-,43-,44+,45+/m1/s1/i1D3,8D2. The van der Waals surface area contributed by atoms with Gasteiger partial charge in [-0.3, -0.25) is 19.4 Å². The van der Waals surface area contributed by atoms with Crippen LogP contribution < -0.4 is 9.64 Å². The number of hydrogen-bond acceptors (Lipinski definition) is 11. The summed E-state index contributed by atoms with van der Waals surface area (Å²) < 4.78 is 99.3. The first-order valence-electron chi connectivity index (χ1n) is 22.6. The number of halogens is 2. The molecule has 2 N–H and O–H groups in total. The van der Waals surface area contributed by atoms with Crippen molar-refractivity contribution in [3.05, 3.63) is 70.9 Å². The molecule has 1 saturated carbocycles. The van der Waals surface area contributed by atoms with Crippen molar-refractivity contribution in [1.82, 2.24) is 14.8 Å². The van der Waals surface area contributed by atoms with Gasteiger partial charge in [-0.1, -0.05) is 37.2 Å². The maximum Gasteiger partial charge on any atom is 0.344 e. The lowest BCUT2D eigenvalue weighted by atomic mass is 9.47. The summed E-state index contributed by atoms with van der Waals surface area (Å²) in [5.41, 5.74) is -5.55. The number of hydrogen-bond donors (Lipinski definition) is 2. The highest BCUT2D eigenvalue weighted by Gasteiger charge is 2.80. The van der Waals surface area contributed by atoms with E-state index < -0.39 is 88.9 Å². The van der Waals surface area contributed by atoms with Gasteiger partial charge in [0.05, 0.1) is 27.4 Å². The topological polar surface area (TPSA) is 134 Å². The molecule has 1 aromatic heterocycles. The number of carbonyl (C=O) groups is 3. The fourth-order valence-electron chi connectivity index (χ4n) is 12.7. The Morgan fingerprint density at radius 1 is 1.08 bits per heavy atom. The average molecular weight is 822 g/mol. The SMILES string of the molecule is [2H]C([2H])([2H])C([2H])([2H])[C@]12C=CCN3CC[C@@]4(c5cc([C@@]6(C(=O)OC)CC7C[C@@H](C(C)(F)F)CN(Cc8c6[nH]c6ccccc86)C7)c(OC)cc5N(C)C4[C@@](O)(C(=O)OC)[C@@H]1OC(C)=O)C32. The minimum Gasteiger partial charge on any atom is -0.496 e. The molecule has 1 aliphatic carbocycles. The second-order valence-electron chi connectivity index (χ2n) is 17.6. The van der Waals surface area contributed by atoms with E-state index in [-0.39, 0.29) is 51.2 Å². The van der Waals surface area contributed by atoms with E-state index in [9.17, 15) is 17.4 Å². The molecule has 4 unspecified atom stereocenters. The van der Waals surface area contributed by atoms with Crippen molar-refractivity contribution in [2.75, 3.05) is 59.5 Å². The molecule has 0 amide bonds. The molecule has 2 aromatic carbocycles. The molecule has 2 saturated heterocycles. The molecule has 316 valence electrons. The third kappa shape index (κ3) is 5.17. The van der Waals surface area contributed by atoms with Crippen LogP contribution in [-0.2, 0) is 46.0 Å². The summed E-state index contributed by atoms with van der Waals surface area (Å²) in [6.07, 6.45) is -2.21. The molecule has 1 spiro atoms. The largest absolute Gasteiger partial charge is 0.496 e. The molecular formula is C45H54F2N4O8. The average Bonchev–Trinajstić information content (AvgIpc) is 3.89. The number of benzene rings is 2. The number of rotatable bonds is 7. The van der Waals surface area contributed by atoms with Crippen LogP contribution in [0, 0.1) is 17.3 Å². The summed E-state index contributed by atoms with van der Waals surface area (Å²) in [5, 5.41) is 14.2. The van der Waals surface area contributed by atoms with Gasteiger partial charge in [0.25, 0.3) is 0 Å². The van der Waals surface area contributed by atoms with Crippen molar-refractivity contribution in [3.8, 4) is 5.75 Å². The zero-order valence-corrected chi connectivity index (χ0v) is 34.1. The Labute approximate surface area is 349 Å². The van der Waals surface area contributed by atoms with Crippen LogP contribution in [0.3, 0.4) is 0 Å². The van der Waals surface area contributed by atoms with Gasteiger partial charge in [-0.15, -0.1) is 0 Å². The molecule has 3 fully saturated rings. The molecule has 14 heteroatoms. The number of para-hydroxylation sites is 1. The molecule has 5 aliphatic heterocycles. The third-order valence-corrected chi connectivity index (χ3v) is 14.7. The van der Waals surface area contributed by atoms with E-state index in [1.807, 2.05) is 34.1 Å². The highest BCUT2D eigenvalue weighted by atomic mass is 19.3. The van der Waals surface area contributed by atoms with Crippen LogP contribution >= 0.6 is 0 Å². The van der Waals surface area contributed by atoms with Crippen molar-refractivity contribution in [2.24, 2.45) is 17.3 Å². The van der Waals surface area contributed by atoms with Crippen molar-refractivity contribution < 1.29 is 54.1 Å². The number of anilines is 1. The number of nitrogens with zero attached hydrogens (tertiary/aromatic N) is 3. The zero-order chi connectivity index (χ0) is 46.3. The molecular weight excluding hydrogens is 763 g/mol.